The van der Waals surface area contributed by atoms with Crippen molar-refractivity contribution in [3.8, 4) is 0 Å². The quantitative estimate of drug-likeness (QED) is 0.857. The molecule has 1 nitrogen and oxygen atoms in total. The molecule has 2 heteroatoms. The van der Waals surface area contributed by atoms with Crippen LogP contribution in [0.5, 0.6) is 0 Å². The maximum atomic E-state index is 13.2. The molecule has 0 aliphatic carbocycles. The Bertz CT molecular complexity index is 520. The molecule has 0 saturated carbocycles. The van der Waals surface area contributed by atoms with Gasteiger partial charge in [-0.1, -0.05) is 42.5 Å². The lowest BCUT2D eigenvalue weighted by atomic mass is 9.90. The van der Waals surface area contributed by atoms with E-state index in [9.17, 15) is 9.50 Å². The van der Waals surface area contributed by atoms with E-state index in [4.69, 9.17) is 0 Å². The third-order valence-electron chi connectivity index (χ3n) is 3.42. The lowest BCUT2D eigenvalue weighted by Gasteiger charge is -2.24. The van der Waals surface area contributed by atoms with Crippen molar-refractivity contribution in [2.45, 2.75) is 31.8 Å². The molecule has 2 aromatic rings. The lowest BCUT2D eigenvalue weighted by molar-refractivity contribution is 0.0453. The van der Waals surface area contributed by atoms with E-state index >= 15 is 0 Å². The van der Waals surface area contributed by atoms with Crippen LogP contribution in [0.1, 0.15) is 30.9 Å². The van der Waals surface area contributed by atoms with E-state index < -0.39 is 5.60 Å². The molecule has 1 N–H and O–H groups in total. The zero-order chi connectivity index (χ0) is 13.7. The van der Waals surface area contributed by atoms with Gasteiger partial charge < -0.3 is 5.11 Å². The minimum atomic E-state index is -0.975. The molecule has 100 valence electrons. The Morgan fingerprint density at radius 1 is 1.05 bits per heavy atom. The normalized spacial score (nSPS) is 14.1. The second kappa shape index (κ2) is 5.98. The van der Waals surface area contributed by atoms with Crippen molar-refractivity contribution in [3.05, 3.63) is 71.5 Å². The number of rotatable bonds is 5. The summed E-state index contributed by atoms with van der Waals surface area (Å²) >= 11 is 0. The molecule has 0 heterocycles. The Balaban J connectivity index is 1.94. The van der Waals surface area contributed by atoms with E-state index in [0.717, 1.165) is 12.8 Å². The molecular weight excluding hydrogens is 239 g/mol. The Labute approximate surface area is 113 Å². The molecule has 0 aromatic heterocycles. The van der Waals surface area contributed by atoms with Crippen LogP contribution in [0.2, 0.25) is 0 Å². The number of aryl methyl sites for hydroxylation is 1. The minimum absolute atomic E-state index is 0.305. The third kappa shape index (κ3) is 3.90. The molecule has 0 amide bonds. The standard InChI is InChI=1S/C17H19FO/c1-17(19,15-10-5-11-16(18)13-15)12-6-9-14-7-3-2-4-8-14/h2-5,7-8,10-11,13,19H,6,9,12H2,1H3. The summed E-state index contributed by atoms with van der Waals surface area (Å²) in [4.78, 5) is 0. The summed E-state index contributed by atoms with van der Waals surface area (Å²) in [6.07, 6.45) is 2.41. The van der Waals surface area contributed by atoms with Crippen molar-refractivity contribution in [2.75, 3.05) is 0 Å². The Hall–Kier alpha value is -1.67. The van der Waals surface area contributed by atoms with Crippen molar-refractivity contribution in [2.24, 2.45) is 0 Å². The SMILES string of the molecule is CC(O)(CCCc1ccccc1)c1cccc(F)c1. The first-order valence-electron chi connectivity index (χ1n) is 6.60. The topological polar surface area (TPSA) is 20.2 Å². The van der Waals surface area contributed by atoms with Crippen molar-refractivity contribution in [3.63, 3.8) is 0 Å². The van der Waals surface area contributed by atoms with Gasteiger partial charge in [-0.25, -0.2) is 4.39 Å². The van der Waals surface area contributed by atoms with Gasteiger partial charge in [0, 0.05) is 0 Å². The number of aliphatic hydroxyl groups is 1. The molecule has 0 radical (unpaired) electrons. The fourth-order valence-electron chi connectivity index (χ4n) is 2.25. The average molecular weight is 258 g/mol. The average Bonchev–Trinajstić information content (AvgIpc) is 2.40. The van der Waals surface area contributed by atoms with Gasteiger partial charge in [0.05, 0.1) is 5.60 Å². The fraction of sp³-hybridized carbons (Fsp3) is 0.294. The number of benzene rings is 2. The first kappa shape index (κ1) is 13.8. The van der Waals surface area contributed by atoms with Crippen molar-refractivity contribution < 1.29 is 9.50 Å². The highest BCUT2D eigenvalue weighted by Gasteiger charge is 2.22. The fourth-order valence-corrected chi connectivity index (χ4v) is 2.25. The van der Waals surface area contributed by atoms with Crippen molar-refractivity contribution in [1.29, 1.82) is 0 Å². The molecule has 0 bridgehead atoms. The Morgan fingerprint density at radius 2 is 1.79 bits per heavy atom. The zero-order valence-corrected chi connectivity index (χ0v) is 11.1. The maximum Gasteiger partial charge on any atom is 0.123 e. The largest absolute Gasteiger partial charge is 0.385 e. The summed E-state index contributed by atoms with van der Waals surface area (Å²) < 4.78 is 13.2. The van der Waals surface area contributed by atoms with Crippen molar-refractivity contribution >= 4 is 0 Å². The molecule has 0 aliphatic heterocycles. The minimum Gasteiger partial charge on any atom is -0.385 e. The molecule has 0 aliphatic rings. The number of hydrogen-bond acceptors (Lipinski definition) is 1. The zero-order valence-electron chi connectivity index (χ0n) is 11.1. The highest BCUT2D eigenvalue weighted by Crippen LogP contribution is 2.27. The monoisotopic (exact) mass is 258 g/mol. The van der Waals surface area contributed by atoms with Gasteiger partial charge in [-0.2, -0.15) is 0 Å². The van der Waals surface area contributed by atoms with Gasteiger partial charge in [-0.15, -0.1) is 0 Å². The third-order valence-corrected chi connectivity index (χ3v) is 3.42. The molecule has 0 saturated heterocycles. The molecule has 0 fully saturated rings. The van der Waals surface area contributed by atoms with Crippen LogP contribution in [-0.4, -0.2) is 5.11 Å². The molecule has 2 rings (SSSR count). The van der Waals surface area contributed by atoms with Crippen LogP contribution in [0, 0.1) is 5.82 Å². The van der Waals surface area contributed by atoms with Gasteiger partial charge in [0.15, 0.2) is 0 Å². The summed E-state index contributed by atoms with van der Waals surface area (Å²) in [6.45, 7) is 1.74. The predicted octanol–water partition coefficient (Wildman–Crippen LogP) is 4.06. The van der Waals surface area contributed by atoms with E-state index in [1.807, 2.05) is 18.2 Å². The van der Waals surface area contributed by atoms with Gasteiger partial charge in [0.2, 0.25) is 0 Å². The molecule has 0 spiro atoms. The van der Waals surface area contributed by atoms with Gasteiger partial charge >= 0.3 is 0 Å². The molecule has 1 unspecified atom stereocenters. The van der Waals surface area contributed by atoms with E-state index in [0.29, 0.717) is 12.0 Å². The maximum absolute atomic E-state index is 13.2. The second-order valence-corrected chi connectivity index (χ2v) is 5.12. The van der Waals surface area contributed by atoms with Crippen LogP contribution in [0.4, 0.5) is 4.39 Å². The van der Waals surface area contributed by atoms with E-state index in [-0.39, 0.29) is 5.82 Å². The smallest absolute Gasteiger partial charge is 0.123 e. The van der Waals surface area contributed by atoms with Crippen LogP contribution in [0.3, 0.4) is 0 Å². The van der Waals surface area contributed by atoms with Gasteiger partial charge in [0.1, 0.15) is 5.82 Å². The summed E-state index contributed by atoms with van der Waals surface area (Å²) in [5, 5.41) is 10.4. The molecule has 19 heavy (non-hydrogen) atoms. The lowest BCUT2D eigenvalue weighted by Crippen LogP contribution is -2.21. The molecular formula is C17H19FO. The Morgan fingerprint density at radius 3 is 2.47 bits per heavy atom. The van der Waals surface area contributed by atoms with Crippen LogP contribution in [0.25, 0.3) is 0 Å². The predicted molar refractivity (Wildman–Crippen MR) is 75.4 cm³/mol. The van der Waals surface area contributed by atoms with Gasteiger partial charge in [0.25, 0.3) is 0 Å². The summed E-state index contributed by atoms with van der Waals surface area (Å²) in [6, 6.07) is 16.4. The van der Waals surface area contributed by atoms with Gasteiger partial charge in [-0.3, -0.25) is 0 Å². The van der Waals surface area contributed by atoms with E-state index in [2.05, 4.69) is 12.1 Å². The van der Waals surface area contributed by atoms with E-state index in [1.165, 1.54) is 17.7 Å². The highest BCUT2D eigenvalue weighted by molar-refractivity contribution is 5.22. The molecule has 2 aromatic carbocycles. The number of hydrogen-bond donors (Lipinski definition) is 1. The first-order valence-corrected chi connectivity index (χ1v) is 6.60. The van der Waals surface area contributed by atoms with Crippen molar-refractivity contribution in [1.82, 2.24) is 0 Å². The summed E-state index contributed by atoms with van der Waals surface area (Å²) in [5.74, 6) is -0.305. The highest BCUT2D eigenvalue weighted by atomic mass is 19.1. The van der Waals surface area contributed by atoms with Crippen LogP contribution in [0.15, 0.2) is 54.6 Å². The number of halogens is 1. The Kier molecular flexibility index (Phi) is 4.33. The summed E-state index contributed by atoms with van der Waals surface area (Å²) in [5.41, 5.74) is 0.926. The van der Waals surface area contributed by atoms with Gasteiger partial charge in [-0.05, 0) is 49.4 Å². The van der Waals surface area contributed by atoms with Crippen LogP contribution < -0.4 is 0 Å². The molecule has 1 atom stereocenters. The van der Waals surface area contributed by atoms with Crippen LogP contribution >= 0.6 is 0 Å². The van der Waals surface area contributed by atoms with Crippen LogP contribution in [-0.2, 0) is 12.0 Å². The first-order chi connectivity index (χ1) is 9.08. The van der Waals surface area contributed by atoms with E-state index in [1.54, 1.807) is 19.1 Å². The summed E-state index contributed by atoms with van der Waals surface area (Å²) in [7, 11) is 0. The second-order valence-electron chi connectivity index (χ2n) is 5.12.